The maximum atomic E-state index is 13.1. The van der Waals surface area contributed by atoms with Gasteiger partial charge in [-0.25, -0.2) is 14.4 Å². The molecule has 148 valence electrons. The fourth-order valence-corrected chi connectivity index (χ4v) is 3.87. The summed E-state index contributed by atoms with van der Waals surface area (Å²) < 4.78 is 13.1. The Morgan fingerprint density at radius 2 is 1.93 bits per heavy atom. The first kappa shape index (κ1) is 19.2. The van der Waals surface area contributed by atoms with Gasteiger partial charge in [-0.1, -0.05) is 12.1 Å². The molecule has 1 amide bonds. The first-order valence-electron chi connectivity index (χ1n) is 9.86. The molecule has 0 N–H and O–H groups in total. The molecule has 1 atom stereocenters. The Kier molecular flexibility index (Phi) is 5.60. The lowest BCUT2D eigenvalue weighted by Crippen LogP contribution is -2.40. The first-order valence-corrected chi connectivity index (χ1v) is 9.86. The summed E-state index contributed by atoms with van der Waals surface area (Å²) in [6.07, 6.45) is 7.59. The number of amides is 1. The van der Waals surface area contributed by atoms with Crippen LogP contribution >= 0.6 is 0 Å². The van der Waals surface area contributed by atoms with E-state index in [0.717, 1.165) is 47.6 Å². The molecule has 1 saturated heterocycles. The second-order valence-electron chi connectivity index (χ2n) is 7.43. The van der Waals surface area contributed by atoms with Crippen LogP contribution < -0.4 is 0 Å². The van der Waals surface area contributed by atoms with E-state index in [1.807, 2.05) is 30.2 Å². The predicted octanol–water partition coefficient (Wildman–Crippen LogP) is 3.93. The summed E-state index contributed by atoms with van der Waals surface area (Å²) in [4.78, 5) is 28.0. The van der Waals surface area contributed by atoms with E-state index >= 15 is 0 Å². The highest BCUT2D eigenvalue weighted by atomic mass is 19.1. The molecule has 3 aromatic rings. The number of carbonyl (C=O) groups is 1. The molecule has 0 radical (unpaired) electrons. The van der Waals surface area contributed by atoms with Gasteiger partial charge in [-0.2, -0.15) is 0 Å². The molecule has 1 fully saturated rings. The third-order valence-electron chi connectivity index (χ3n) is 5.36. The Hall–Kier alpha value is -3.15. The molecule has 1 aromatic carbocycles. The fraction of sp³-hybridized carbons (Fsp3) is 0.304. The number of pyridine rings is 1. The van der Waals surface area contributed by atoms with E-state index in [2.05, 4.69) is 9.97 Å². The van der Waals surface area contributed by atoms with Crippen LogP contribution in [0.5, 0.6) is 0 Å². The minimum atomic E-state index is -0.290. The number of rotatable bonds is 4. The van der Waals surface area contributed by atoms with Gasteiger partial charge in [-0.05, 0) is 55.2 Å². The van der Waals surface area contributed by atoms with Gasteiger partial charge in [-0.3, -0.25) is 9.78 Å². The molecule has 0 aliphatic carbocycles. The van der Waals surface area contributed by atoms with Crippen LogP contribution in [-0.4, -0.2) is 38.8 Å². The van der Waals surface area contributed by atoms with E-state index in [-0.39, 0.29) is 24.1 Å². The van der Waals surface area contributed by atoms with Gasteiger partial charge in [0.1, 0.15) is 11.6 Å². The normalized spacial score (nSPS) is 16.6. The number of nitrogens with zero attached hydrogens (tertiary/aromatic N) is 4. The second kappa shape index (κ2) is 8.47. The molecule has 4 rings (SSSR count). The lowest BCUT2D eigenvalue weighted by Gasteiger charge is -2.33. The maximum Gasteiger partial charge on any atom is 0.227 e. The standard InChI is InChI=1S/C23H23FN4O/c1-16-26-14-21(18-8-10-25-11-9-18)23(27-16)19-3-2-12-28(15-19)22(29)13-17-4-6-20(24)7-5-17/h4-11,14,19H,2-3,12-13,15H2,1H3/t19-/m0/s1. The zero-order chi connectivity index (χ0) is 20.2. The molecule has 0 spiro atoms. The highest BCUT2D eigenvalue weighted by Gasteiger charge is 2.28. The smallest absolute Gasteiger partial charge is 0.227 e. The van der Waals surface area contributed by atoms with E-state index in [0.29, 0.717) is 6.54 Å². The van der Waals surface area contributed by atoms with Gasteiger partial charge in [0.15, 0.2) is 0 Å². The summed E-state index contributed by atoms with van der Waals surface area (Å²) in [5.74, 6) is 0.665. The zero-order valence-electron chi connectivity index (χ0n) is 16.4. The zero-order valence-corrected chi connectivity index (χ0v) is 16.4. The van der Waals surface area contributed by atoms with Crippen LogP contribution in [0, 0.1) is 12.7 Å². The molecular formula is C23H23FN4O. The van der Waals surface area contributed by atoms with Crippen molar-refractivity contribution in [1.82, 2.24) is 19.9 Å². The molecule has 0 bridgehead atoms. The molecule has 1 aliphatic heterocycles. The molecule has 1 aliphatic rings. The lowest BCUT2D eigenvalue weighted by molar-refractivity contribution is -0.131. The van der Waals surface area contributed by atoms with Gasteiger partial charge in [0.25, 0.3) is 0 Å². The van der Waals surface area contributed by atoms with Crippen LogP contribution in [0.4, 0.5) is 4.39 Å². The van der Waals surface area contributed by atoms with Crippen LogP contribution in [0.25, 0.3) is 11.1 Å². The van der Waals surface area contributed by atoms with Crippen molar-refractivity contribution in [2.45, 2.75) is 32.1 Å². The molecule has 5 nitrogen and oxygen atoms in total. The predicted molar refractivity (Wildman–Crippen MR) is 109 cm³/mol. The van der Waals surface area contributed by atoms with Gasteiger partial charge in [0.2, 0.25) is 5.91 Å². The first-order chi connectivity index (χ1) is 14.1. The summed E-state index contributed by atoms with van der Waals surface area (Å²) in [7, 11) is 0. The highest BCUT2D eigenvalue weighted by molar-refractivity contribution is 5.79. The van der Waals surface area contributed by atoms with Crippen LogP contribution in [0.2, 0.25) is 0 Å². The third kappa shape index (κ3) is 4.47. The van der Waals surface area contributed by atoms with E-state index < -0.39 is 0 Å². The number of benzene rings is 1. The van der Waals surface area contributed by atoms with Gasteiger partial charge >= 0.3 is 0 Å². The van der Waals surface area contributed by atoms with E-state index in [1.165, 1.54) is 12.1 Å². The Morgan fingerprint density at radius 3 is 2.69 bits per heavy atom. The molecule has 0 saturated carbocycles. The van der Waals surface area contributed by atoms with E-state index in [1.54, 1.807) is 24.5 Å². The van der Waals surface area contributed by atoms with Gasteiger partial charge < -0.3 is 4.90 Å². The van der Waals surface area contributed by atoms with Crippen LogP contribution in [0.15, 0.2) is 55.0 Å². The quantitative estimate of drug-likeness (QED) is 0.677. The monoisotopic (exact) mass is 390 g/mol. The summed E-state index contributed by atoms with van der Waals surface area (Å²) in [5, 5.41) is 0. The summed E-state index contributed by atoms with van der Waals surface area (Å²) >= 11 is 0. The number of likely N-dealkylation sites (tertiary alicyclic amines) is 1. The fourth-order valence-electron chi connectivity index (χ4n) is 3.87. The number of aryl methyl sites for hydroxylation is 1. The van der Waals surface area contributed by atoms with Gasteiger partial charge in [-0.15, -0.1) is 0 Å². The van der Waals surface area contributed by atoms with Gasteiger partial charge in [0, 0.05) is 43.2 Å². The molecule has 2 aromatic heterocycles. The Labute approximate surface area is 169 Å². The van der Waals surface area contributed by atoms with Crippen molar-refractivity contribution in [3.8, 4) is 11.1 Å². The minimum absolute atomic E-state index is 0.0672. The van der Waals surface area contributed by atoms with Crippen LogP contribution in [0.1, 0.15) is 35.8 Å². The van der Waals surface area contributed by atoms with Crippen molar-refractivity contribution < 1.29 is 9.18 Å². The average molecular weight is 390 g/mol. The average Bonchev–Trinajstić information content (AvgIpc) is 2.76. The molecule has 3 heterocycles. The minimum Gasteiger partial charge on any atom is -0.342 e. The Morgan fingerprint density at radius 1 is 1.17 bits per heavy atom. The van der Waals surface area contributed by atoms with Crippen molar-refractivity contribution in [1.29, 1.82) is 0 Å². The van der Waals surface area contributed by atoms with Crippen molar-refractivity contribution >= 4 is 5.91 Å². The topological polar surface area (TPSA) is 59.0 Å². The number of hydrogen-bond donors (Lipinski definition) is 0. The van der Waals surface area contributed by atoms with E-state index in [9.17, 15) is 9.18 Å². The molecule has 29 heavy (non-hydrogen) atoms. The Bertz CT molecular complexity index is 992. The summed E-state index contributed by atoms with van der Waals surface area (Å²) in [6.45, 7) is 3.26. The number of hydrogen-bond acceptors (Lipinski definition) is 4. The van der Waals surface area contributed by atoms with Crippen molar-refractivity contribution in [3.05, 3.63) is 77.9 Å². The van der Waals surface area contributed by atoms with Crippen LogP contribution in [0.3, 0.4) is 0 Å². The summed E-state index contributed by atoms with van der Waals surface area (Å²) in [6, 6.07) is 10.0. The number of carbonyl (C=O) groups excluding carboxylic acids is 1. The lowest BCUT2D eigenvalue weighted by atomic mass is 9.90. The SMILES string of the molecule is Cc1ncc(-c2ccncc2)c([C@H]2CCCN(C(=O)Cc3ccc(F)cc3)C2)n1. The van der Waals surface area contributed by atoms with Crippen molar-refractivity contribution in [2.75, 3.05) is 13.1 Å². The number of halogens is 1. The van der Waals surface area contributed by atoms with Crippen molar-refractivity contribution in [3.63, 3.8) is 0 Å². The Balaban J connectivity index is 1.55. The molecular weight excluding hydrogens is 367 g/mol. The third-order valence-corrected chi connectivity index (χ3v) is 5.36. The van der Waals surface area contributed by atoms with Crippen LogP contribution in [-0.2, 0) is 11.2 Å². The number of piperidine rings is 1. The number of aromatic nitrogens is 3. The largest absolute Gasteiger partial charge is 0.342 e. The molecule has 6 heteroatoms. The maximum absolute atomic E-state index is 13.1. The second-order valence-corrected chi connectivity index (χ2v) is 7.43. The summed E-state index contributed by atoms with van der Waals surface area (Å²) in [5.41, 5.74) is 3.84. The van der Waals surface area contributed by atoms with Crippen molar-refractivity contribution in [2.24, 2.45) is 0 Å². The van der Waals surface area contributed by atoms with E-state index in [4.69, 9.17) is 4.98 Å². The molecule has 0 unspecified atom stereocenters. The van der Waals surface area contributed by atoms with Gasteiger partial charge in [0.05, 0.1) is 12.1 Å². The highest BCUT2D eigenvalue weighted by Crippen LogP contribution is 2.33.